The van der Waals surface area contributed by atoms with E-state index in [1.165, 1.54) is 4.90 Å². The van der Waals surface area contributed by atoms with Gasteiger partial charge < -0.3 is 24.8 Å². The van der Waals surface area contributed by atoms with E-state index in [0.717, 1.165) is 16.7 Å². The summed E-state index contributed by atoms with van der Waals surface area (Å²) in [5.41, 5.74) is 4.07. The molecule has 0 bridgehead atoms. The van der Waals surface area contributed by atoms with Gasteiger partial charge in [0, 0.05) is 29.4 Å². The molecule has 0 aliphatic carbocycles. The summed E-state index contributed by atoms with van der Waals surface area (Å²) < 4.78 is 11.1. The number of nitrogens with one attached hydrogen (secondary N) is 1. The fraction of sp³-hybridized carbons (Fsp3) is 0.300. The number of carbonyl (C=O) groups is 3. The van der Waals surface area contributed by atoms with Gasteiger partial charge in [-0.05, 0) is 66.8 Å². The fourth-order valence-electron chi connectivity index (χ4n) is 4.66. The van der Waals surface area contributed by atoms with Crippen LogP contribution in [-0.2, 0) is 11.3 Å². The van der Waals surface area contributed by atoms with E-state index in [0.29, 0.717) is 41.5 Å². The number of anilines is 1. The highest BCUT2D eigenvalue weighted by Crippen LogP contribution is 2.32. The molecule has 2 N–H and O–H groups in total. The molecule has 38 heavy (non-hydrogen) atoms. The Morgan fingerprint density at radius 2 is 1.53 bits per heavy atom. The first-order valence-corrected chi connectivity index (χ1v) is 12.7. The van der Waals surface area contributed by atoms with E-state index in [2.05, 4.69) is 5.32 Å². The summed E-state index contributed by atoms with van der Waals surface area (Å²) in [6, 6.07) is 17.2. The Morgan fingerprint density at radius 1 is 0.921 bits per heavy atom. The highest BCUT2D eigenvalue weighted by atomic mass is 16.5. The summed E-state index contributed by atoms with van der Waals surface area (Å²) in [6.07, 6.45) is 0. The van der Waals surface area contributed by atoms with Crippen LogP contribution in [-0.4, -0.2) is 47.0 Å². The number of ether oxygens (including phenoxy) is 2. The van der Waals surface area contributed by atoms with Gasteiger partial charge in [-0.15, -0.1) is 0 Å². The van der Waals surface area contributed by atoms with Gasteiger partial charge >= 0.3 is 5.97 Å². The third-order valence-electron chi connectivity index (χ3n) is 6.40. The van der Waals surface area contributed by atoms with Crippen LogP contribution in [0.25, 0.3) is 11.1 Å². The number of nitrogens with zero attached hydrogens (tertiary/aromatic N) is 1. The van der Waals surface area contributed by atoms with Gasteiger partial charge in [0.05, 0.1) is 13.2 Å². The van der Waals surface area contributed by atoms with Gasteiger partial charge in [-0.3, -0.25) is 9.59 Å². The topological polar surface area (TPSA) is 105 Å². The number of hydrogen-bond acceptors (Lipinski definition) is 5. The van der Waals surface area contributed by atoms with E-state index in [1.807, 2.05) is 38.1 Å². The number of amides is 2. The lowest BCUT2D eigenvalue weighted by Crippen LogP contribution is -2.44. The number of carboxylic acids is 1. The van der Waals surface area contributed by atoms with Gasteiger partial charge in [0.2, 0.25) is 0 Å². The first-order chi connectivity index (χ1) is 18.2. The second kappa shape index (κ2) is 11.4. The Balaban J connectivity index is 1.50. The molecule has 0 radical (unpaired) electrons. The maximum Gasteiger partial charge on any atom is 0.326 e. The molecule has 0 spiro atoms. The number of carboxylic acid groups (broad SMARTS) is 1. The van der Waals surface area contributed by atoms with Crippen molar-refractivity contribution in [1.82, 2.24) is 4.90 Å². The van der Waals surface area contributed by atoms with Crippen LogP contribution in [0.15, 0.2) is 60.7 Å². The first kappa shape index (κ1) is 26.7. The summed E-state index contributed by atoms with van der Waals surface area (Å²) in [7, 11) is 0. The van der Waals surface area contributed by atoms with E-state index in [-0.39, 0.29) is 24.3 Å². The van der Waals surface area contributed by atoms with Gasteiger partial charge in [-0.1, -0.05) is 38.1 Å². The zero-order valence-electron chi connectivity index (χ0n) is 22.0. The van der Waals surface area contributed by atoms with Gasteiger partial charge in [-0.25, -0.2) is 4.79 Å². The lowest BCUT2D eigenvalue weighted by Gasteiger charge is -2.27. The Morgan fingerprint density at radius 3 is 2.08 bits per heavy atom. The second-order valence-corrected chi connectivity index (χ2v) is 9.42. The third kappa shape index (κ3) is 5.64. The average Bonchev–Trinajstić information content (AvgIpc) is 3.19. The van der Waals surface area contributed by atoms with E-state index in [1.54, 1.807) is 50.2 Å². The number of hydrogen-bond donors (Lipinski definition) is 2. The lowest BCUT2D eigenvalue weighted by atomic mass is 10.00. The molecule has 1 atom stereocenters. The molecule has 1 aliphatic heterocycles. The van der Waals surface area contributed by atoms with Crippen molar-refractivity contribution in [3.8, 4) is 22.6 Å². The summed E-state index contributed by atoms with van der Waals surface area (Å²) in [4.78, 5) is 39.2. The fourth-order valence-corrected chi connectivity index (χ4v) is 4.66. The molecule has 0 fully saturated rings. The largest absolute Gasteiger partial charge is 0.494 e. The van der Waals surface area contributed by atoms with Gasteiger partial charge in [-0.2, -0.15) is 0 Å². The minimum Gasteiger partial charge on any atom is -0.494 e. The van der Waals surface area contributed by atoms with Crippen LogP contribution < -0.4 is 14.8 Å². The predicted molar refractivity (Wildman–Crippen MR) is 145 cm³/mol. The van der Waals surface area contributed by atoms with E-state index in [9.17, 15) is 19.5 Å². The monoisotopic (exact) mass is 516 g/mol. The average molecular weight is 517 g/mol. The van der Waals surface area contributed by atoms with Crippen molar-refractivity contribution in [3.05, 3.63) is 77.4 Å². The van der Waals surface area contributed by atoms with E-state index in [4.69, 9.17) is 9.47 Å². The van der Waals surface area contributed by atoms with Crippen LogP contribution in [0.1, 0.15) is 54.0 Å². The standard InChI is InChI=1S/C30H32N2O6/c1-5-37-24-13-22(14-25(16-24)38-6-2)28(33)31-23-11-9-19(10-12-23)20-7-8-21-17-32(29(34)26(21)15-20)27(18(3)4)30(35)36/h7-16,18,27H,5-6,17H2,1-4H3,(H,31,33)(H,35,36). The van der Waals surface area contributed by atoms with E-state index >= 15 is 0 Å². The van der Waals surface area contributed by atoms with Gasteiger partial charge in [0.1, 0.15) is 17.5 Å². The van der Waals surface area contributed by atoms with Crippen molar-refractivity contribution in [2.24, 2.45) is 5.92 Å². The normalized spacial score (nSPS) is 13.3. The van der Waals surface area contributed by atoms with Crippen LogP contribution in [0.5, 0.6) is 11.5 Å². The molecule has 1 unspecified atom stereocenters. The zero-order chi connectivity index (χ0) is 27.4. The van der Waals surface area contributed by atoms with Gasteiger partial charge in [0.15, 0.2) is 0 Å². The Hall–Kier alpha value is -4.33. The molecule has 0 saturated carbocycles. The molecule has 3 aromatic carbocycles. The summed E-state index contributed by atoms with van der Waals surface area (Å²) in [5, 5.41) is 12.5. The SMILES string of the molecule is CCOc1cc(OCC)cc(C(=O)Nc2ccc(-c3ccc4c(c3)C(=O)N(C(C(=O)O)C(C)C)C4)cc2)c1. The number of rotatable bonds is 10. The van der Waals surface area contributed by atoms with Gasteiger partial charge in [0.25, 0.3) is 11.8 Å². The molecular formula is C30H32N2O6. The minimum atomic E-state index is -1.00. The zero-order valence-corrected chi connectivity index (χ0v) is 22.0. The van der Waals surface area contributed by atoms with E-state index < -0.39 is 12.0 Å². The summed E-state index contributed by atoms with van der Waals surface area (Å²) >= 11 is 0. The van der Waals surface area contributed by atoms with Crippen LogP contribution in [0.3, 0.4) is 0 Å². The Kier molecular flexibility index (Phi) is 8.00. The molecule has 198 valence electrons. The highest BCUT2D eigenvalue weighted by molar-refractivity contribution is 6.05. The smallest absolute Gasteiger partial charge is 0.326 e. The molecule has 1 heterocycles. The predicted octanol–water partition coefficient (Wildman–Crippen LogP) is 5.47. The maximum atomic E-state index is 13.1. The summed E-state index contributed by atoms with van der Waals surface area (Å²) in [5.74, 6) is -0.647. The molecule has 1 aliphatic rings. The van der Waals surface area contributed by atoms with Crippen LogP contribution in [0.4, 0.5) is 5.69 Å². The van der Waals surface area contributed by atoms with Crippen LogP contribution in [0.2, 0.25) is 0 Å². The number of aliphatic carboxylic acids is 1. The lowest BCUT2D eigenvalue weighted by molar-refractivity contribution is -0.144. The molecular weight excluding hydrogens is 484 g/mol. The molecule has 4 rings (SSSR count). The molecule has 3 aromatic rings. The molecule has 0 aromatic heterocycles. The minimum absolute atomic E-state index is 0.208. The maximum absolute atomic E-state index is 13.1. The molecule has 8 nitrogen and oxygen atoms in total. The number of carbonyl (C=O) groups excluding carboxylic acids is 2. The quantitative estimate of drug-likeness (QED) is 0.370. The second-order valence-electron chi connectivity index (χ2n) is 9.42. The number of benzene rings is 3. The van der Waals surface area contributed by atoms with Crippen molar-refractivity contribution in [2.75, 3.05) is 18.5 Å². The highest BCUT2D eigenvalue weighted by Gasteiger charge is 2.38. The van der Waals surface area contributed by atoms with Crippen molar-refractivity contribution in [3.63, 3.8) is 0 Å². The van der Waals surface area contributed by atoms with Crippen molar-refractivity contribution in [1.29, 1.82) is 0 Å². The van der Waals surface area contributed by atoms with Crippen molar-refractivity contribution in [2.45, 2.75) is 40.3 Å². The summed E-state index contributed by atoms with van der Waals surface area (Å²) in [6.45, 7) is 8.58. The Bertz CT molecular complexity index is 1330. The molecule has 0 saturated heterocycles. The number of fused-ring (bicyclic) bond motifs is 1. The first-order valence-electron chi connectivity index (χ1n) is 12.7. The Labute approximate surface area is 222 Å². The molecule has 8 heteroatoms. The third-order valence-corrected chi connectivity index (χ3v) is 6.40. The van der Waals surface area contributed by atoms with Crippen LogP contribution >= 0.6 is 0 Å². The van der Waals surface area contributed by atoms with Crippen molar-refractivity contribution >= 4 is 23.5 Å². The van der Waals surface area contributed by atoms with Crippen LogP contribution in [0, 0.1) is 5.92 Å². The van der Waals surface area contributed by atoms with Crippen molar-refractivity contribution < 1.29 is 29.0 Å². The molecule has 2 amide bonds.